The van der Waals surface area contributed by atoms with Gasteiger partial charge in [0.2, 0.25) is 0 Å². The van der Waals surface area contributed by atoms with Crippen LogP contribution in [0.5, 0.6) is 5.75 Å². The number of hydrogen-bond donors (Lipinski definition) is 4. The molecule has 4 N–H and O–H groups in total. The Hall–Kier alpha value is -2.44. The van der Waals surface area contributed by atoms with Crippen LogP contribution in [-0.2, 0) is 16.1 Å². The van der Waals surface area contributed by atoms with Crippen molar-refractivity contribution in [3.63, 3.8) is 0 Å². The smallest absolute Gasteiger partial charge is 0.252 e. The quantitative estimate of drug-likeness (QED) is 0.358. The number of hydrogen-bond acceptors (Lipinski definition) is 8. The molecule has 0 radical (unpaired) electrons. The summed E-state index contributed by atoms with van der Waals surface area (Å²) in [4.78, 5) is 17.6. The third-order valence-electron chi connectivity index (χ3n) is 6.19. The number of nitrogens with one attached hydrogen (secondary N) is 1. The van der Waals surface area contributed by atoms with E-state index in [0.29, 0.717) is 11.3 Å². The lowest BCUT2D eigenvalue weighted by atomic mass is 9.96. The fourth-order valence-electron chi connectivity index (χ4n) is 4.14. The molecule has 2 aromatic heterocycles. The number of fused-ring (bicyclic) bond motifs is 1. The van der Waals surface area contributed by atoms with E-state index < -0.39 is 43.2 Å². The molecule has 0 bridgehead atoms. The Morgan fingerprint density at radius 1 is 1.25 bits per heavy atom. The average Bonchev–Trinajstić information content (AvgIpc) is 3.29. The van der Waals surface area contributed by atoms with Crippen molar-refractivity contribution in [1.29, 1.82) is 0 Å². The van der Waals surface area contributed by atoms with E-state index in [-0.39, 0.29) is 28.0 Å². The maximum absolute atomic E-state index is 13.1. The minimum atomic E-state index is -1.45. The zero-order valence-corrected chi connectivity index (χ0v) is 21.3. The van der Waals surface area contributed by atoms with Crippen molar-refractivity contribution in [2.75, 3.05) is 13.7 Å². The van der Waals surface area contributed by atoms with Crippen LogP contribution in [0, 0.1) is 13.8 Å². The average molecular weight is 540 g/mol. The highest BCUT2D eigenvalue weighted by molar-refractivity contribution is 6.38. The number of halogens is 2. The zero-order chi connectivity index (χ0) is 26.1. The first-order chi connectivity index (χ1) is 17.2. The Morgan fingerprint density at radius 3 is 2.67 bits per heavy atom. The van der Waals surface area contributed by atoms with E-state index in [9.17, 15) is 20.1 Å². The largest absolute Gasteiger partial charge is 0.484 e. The van der Waals surface area contributed by atoms with Gasteiger partial charge in [0, 0.05) is 24.6 Å². The molecule has 1 aliphatic heterocycles. The van der Waals surface area contributed by atoms with Crippen LogP contribution in [0.1, 0.15) is 27.3 Å². The number of aryl methyl sites for hydroxylation is 1. The molecule has 1 aromatic carbocycles. The highest BCUT2D eigenvalue weighted by Gasteiger charge is 2.45. The lowest BCUT2D eigenvalue weighted by molar-refractivity contribution is -0.261. The van der Waals surface area contributed by atoms with Gasteiger partial charge in [-0.2, -0.15) is 0 Å². The van der Waals surface area contributed by atoms with Crippen LogP contribution in [0.4, 0.5) is 0 Å². The Morgan fingerprint density at radius 2 is 2.00 bits per heavy atom. The highest BCUT2D eigenvalue weighted by atomic mass is 35.5. The molecule has 1 fully saturated rings. The van der Waals surface area contributed by atoms with Crippen LogP contribution < -0.4 is 10.1 Å². The van der Waals surface area contributed by atoms with Gasteiger partial charge in [-0.15, -0.1) is 0 Å². The van der Waals surface area contributed by atoms with Crippen molar-refractivity contribution in [3.8, 4) is 5.75 Å². The van der Waals surface area contributed by atoms with Gasteiger partial charge in [0.05, 0.1) is 22.3 Å². The summed E-state index contributed by atoms with van der Waals surface area (Å²) in [5, 5.41) is 32.9. The van der Waals surface area contributed by atoms with Gasteiger partial charge in [0.1, 0.15) is 36.6 Å². The molecule has 12 heteroatoms. The van der Waals surface area contributed by atoms with E-state index in [1.165, 1.54) is 13.2 Å². The second-order valence-electron chi connectivity index (χ2n) is 8.53. The predicted molar refractivity (Wildman–Crippen MR) is 131 cm³/mol. The lowest BCUT2D eigenvalue weighted by Crippen LogP contribution is -2.64. The number of nitrogens with zero attached hydrogens (tertiary/aromatic N) is 2. The third kappa shape index (κ3) is 5.03. The zero-order valence-electron chi connectivity index (χ0n) is 19.8. The van der Waals surface area contributed by atoms with Crippen molar-refractivity contribution in [2.45, 2.75) is 51.1 Å². The van der Waals surface area contributed by atoms with Gasteiger partial charge in [0.25, 0.3) is 5.91 Å². The summed E-state index contributed by atoms with van der Waals surface area (Å²) in [7, 11) is 1.32. The van der Waals surface area contributed by atoms with Crippen LogP contribution in [0.3, 0.4) is 0 Å². The van der Waals surface area contributed by atoms with Gasteiger partial charge in [-0.1, -0.05) is 29.3 Å². The predicted octanol–water partition coefficient (Wildman–Crippen LogP) is 2.02. The molecule has 10 nitrogen and oxygen atoms in total. The van der Waals surface area contributed by atoms with Gasteiger partial charge in [0.15, 0.2) is 12.0 Å². The van der Waals surface area contributed by atoms with E-state index in [2.05, 4.69) is 10.3 Å². The van der Waals surface area contributed by atoms with Crippen molar-refractivity contribution in [1.82, 2.24) is 14.7 Å². The van der Waals surface area contributed by atoms with E-state index in [1.54, 1.807) is 6.92 Å². The van der Waals surface area contributed by atoms with Crippen molar-refractivity contribution >= 4 is 34.8 Å². The van der Waals surface area contributed by atoms with Crippen LogP contribution >= 0.6 is 23.2 Å². The molecule has 194 valence electrons. The standard InChI is InChI=1S/C24H27Cl2N3O7/c1-11-5-4-6-17-27-13(8-29(11)17)10-35-22-15(25)7-14(12(2)18(22)26)23(33)28-19-21(32)20(31)16(9-30)36-24(19)34-3/h4-8,16,19-21,24,30-32H,9-10H2,1-3H3,(H,28,33)/t16-,19-,20-,21-,24+/m1/s1. The fraction of sp³-hybridized carbons (Fsp3) is 0.417. The van der Waals surface area contributed by atoms with Gasteiger partial charge in [-0.3, -0.25) is 4.79 Å². The summed E-state index contributed by atoms with van der Waals surface area (Å²) in [6, 6.07) is 6.07. The number of rotatable bonds is 7. The lowest BCUT2D eigenvalue weighted by Gasteiger charge is -2.41. The Kier molecular flexibility index (Phi) is 8.06. The molecule has 3 aromatic rings. The number of carbonyl (C=O) groups excluding carboxylic acids is 1. The summed E-state index contributed by atoms with van der Waals surface area (Å²) in [6.45, 7) is 3.18. The van der Waals surface area contributed by atoms with Gasteiger partial charge in [-0.25, -0.2) is 4.98 Å². The molecule has 4 rings (SSSR count). The molecule has 3 heterocycles. The summed E-state index contributed by atoms with van der Waals surface area (Å²) >= 11 is 13.0. The Balaban J connectivity index is 1.52. The monoisotopic (exact) mass is 539 g/mol. The number of ether oxygens (including phenoxy) is 3. The molecule has 1 saturated heterocycles. The van der Waals surface area contributed by atoms with Gasteiger partial charge in [-0.05, 0) is 37.6 Å². The van der Waals surface area contributed by atoms with Gasteiger partial charge < -0.3 is 39.2 Å². The number of amides is 1. The first-order valence-corrected chi connectivity index (χ1v) is 11.9. The van der Waals surface area contributed by atoms with Crippen LogP contribution in [0.15, 0.2) is 30.5 Å². The summed E-state index contributed by atoms with van der Waals surface area (Å²) < 4.78 is 18.4. The van der Waals surface area contributed by atoms with E-state index in [1.807, 2.05) is 35.7 Å². The van der Waals surface area contributed by atoms with E-state index in [0.717, 1.165) is 11.3 Å². The van der Waals surface area contributed by atoms with Crippen LogP contribution in [0.25, 0.3) is 5.65 Å². The second-order valence-corrected chi connectivity index (χ2v) is 9.32. The number of pyridine rings is 1. The minimum absolute atomic E-state index is 0.108. The van der Waals surface area contributed by atoms with Crippen molar-refractivity contribution in [3.05, 3.63) is 63.0 Å². The van der Waals surface area contributed by atoms with Crippen molar-refractivity contribution < 1.29 is 34.3 Å². The maximum atomic E-state index is 13.1. The number of aliphatic hydroxyl groups excluding tert-OH is 3. The summed E-state index contributed by atoms with van der Waals surface area (Å²) in [6.07, 6.45) is -3.18. The van der Waals surface area contributed by atoms with Crippen molar-refractivity contribution in [2.24, 2.45) is 0 Å². The Labute approximate surface area is 217 Å². The molecule has 36 heavy (non-hydrogen) atoms. The first-order valence-electron chi connectivity index (χ1n) is 11.2. The number of benzene rings is 1. The molecular formula is C24H27Cl2N3O7. The normalized spacial score (nSPS) is 24.2. The highest BCUT2D eigenvalue weighted by Crippen LogP contribution is 2.38. The minimum Gasteiger partial charge on any atom is -0.484 e. The molecule has 0 unspecified atom stereocenters. The molecule has 1 aliphatic rings. The van der Waals surface area contributed by atoms with Crippen LogP contribution in [0.2, 0.25) is 10.0 Å². The number of imidazole rings is 1. The van der Waals surface area contributed by atoms with E-state index >= 15 is 0 Å². The Bertz CT molecular complexity index is 1270. The number of aliphatic hydroxyl groups is 3. The molecule has 0 aliphatic carbocycles. The molecular weight excluding hydrogens is 513 g/mol. The third-order valence-corrected chi connectivity index (χ3v) is 6.92. The SMILES string of the molecule is CO[C@H]1O[C@H](CO)[C@@H](O)[C@H](O)[C@H]1NC(=O)c1cc(Cl)c(OCc2cn3c(C)cccc3n2)c(Cl)c1C. The first kappa shape index (κ1) is 26.6. The fourth-order valence-corrected chi connectivity index (χ4v) is 4.71. The second kappa shape index (κ2) is 10.9. The van der Waals surface area contributed by atoms with Crippen LogP contribution in [-0.4, -0.2) is 75.0 Å². The van der Waals surface area contributed by atoms with E-state index in [4.69, 9.17) is 37.4 Å². The molecule has 1 amide bonds. The van der Waals surface area contributed by atoms with Gasteiger partial charge >= 0.3 is 0 Å². The summed E-state index contributed by atoms with van der Waals surface area (Å²) in [5.74, 6) is -0.416. The maximum Gasteiger partial charge on any atom is 0.252 e. The number of methoxy groups -OCH3 is 1. The number of aromatic nitrogens is 2. The molecule has 0 spiro atoms. The number of carbonyl (C=O) groups is 1. The molecule has 5 atom stereocenters. The molecule has 0 saturated carbocycles. The summed E-state index contributed by atoms with van der Waals surface area (Å²) in [5.41, 5.74) is 3.02. The topological polar surface area (TPSA) is 135 Å².